The normalized spacial score (nSPS) is 20.3. The van der Waals surface area contributed by atoms with E-state index in [4.69, 9.17) is 14.2 Å². The van der Waals surface area contributed by atoms with Gasteiger partial charge in [0.05, 0.1) is 32.2 Å². The Balaban J connectivity index is 1.27. The molecule has 8 nitrogen and oxygen atoms in total. The summed E-state index contributed by atoms with van der Waals surface area (Å²) in [5.74, 6) is 0.539. The van der Waals surface area contributed by atoms with Gasteiger partial charge in [-0.15, -0.1) is 0 Å². The van der Waals surface area contributed by atoms with E-state index >= 15 is 0 Å². The maximum Gasteiger partial charge on any atom is 0.219 e. The predicted molar refractivity (Wildman–Crippen MR) is 111 cm³/mol. The van der Waals surface area contributed by atoms with E-state index in [1.54, 1.807) is 17.6 Å². The molecule has 1 saturated carbocycles. The number of pyridine rings is 1. The number of morpholine rings is 1. The summed E-state index contributed by atoms with van der Waals surface area (Å²) in [5, 5.41) is 3.80. The van der Waals surface area contributed by atoms with Crippen LogP contribution in [0.1, 0.15) is 26.7 Å². The Kier molecular flexibility index (Phi) is 6.27. The molecule has 2 aliphatic rings. The van der Waals surface area contributed by atoms with Gasteiger partial charge in [0.15, 0.2) is 5.13 Å². The van der Waals surface area contributed by atoms with Crippen molar-refractivity contribution in [1.29, 1.82) is 0 Å². The Labute approximate surface area is 173 Å². The molecule has 0 aromatic carbocycles. The summed E-state index contributed by atoms with van der Waals surface area (Å²) >= 11 is 1.58. The van der Waals surface area contributed by atoms with Crippen LogP contribution < -0.4 is 15.0 Å². The number of fused-ring (bicyclic) bond motifs is 1. The number of thiazole rings is 1. The monoisotopic (exact) mass is 418 g/mol. The van der Waals surface area contributed by atoms with E-state index < -0.39 is 0 Å². The van der Waals surface area contributed by atoms with Crippen molar-refractivity contribution < 1.29 is 19.0 Å². The van der Waals surface area contributed by atoms with Gasteiger partial charge >= 0.3 is 0 Å². The number of amides is 1. The van der Waals surface area contributed by atoms with Crippen molar-refractivity contribution in [1.82, 2.24) is 15.3 Å². The summed E-state index contributed by atoms with van der Waals surface area (Å²) in [5.41, 5.74) is 2.09. The Morgan fingerprint density at radius 3 is 2.93 bits per heavy atom. The van der Waals surface area contributed by atoms with Gasteiger partial charge in [0.2, 0.25) is 11.8 Å². The molecule has 1 N–H and O–H groups in total. The topological polar surface area (TPSA) is 85.8 Å². The fourth-order valence-corrected chi connectivity index (χ4v) is 4.28. The first kappa shape index (κ1) is 20.1. The van der Waals surface area contributed by atoms with Crippen molar-refractivity contribution in [2.24, 2.45) is 0 Å². The van der Waals surface area contributed by atoms with Crippen molar-refractivity contribution in [2.45, 2.75) is 38.8 Å². The smallest absolute Gasteiger partial charge is 0.219 e. The van der Waals surface area contributed by atoms with Crippen LogP contribution in [-0.2, 0) is 14.3 Å². The van der Waals surface area contributed by atoms with Crippen molar-refractivity contribution >= 4 is 32.7 Å². The van der Waals surface area contributed by atoms with Gasteiger partial charge in [-0.3, -0.25) is 4.79 Å². The number of anilines is 1. The highest BCUT2D eigenvalue weighted by Crippen LogP contribution is 2.31. The summed E-state index contributed by atoms with van der Waals surface area (Å²) in [6.07, 6.45) is 3.65. The average molecular weight is 419 g/mol. The minimum atomic E-state index is -0.0360. The minimum absolute atomic E-state index is 0.0227. The SMILES string of the molecule is CC(=O)N[C@@H](C)COC1CC(=COc2ccc3nc(N4CCOCC4)sc3n2)C1. The fraction of sp³-hybridized carbons (Fsp3) is 0.550. The van der Waals surface area contributed by atoms with Gasteiger partial charge in [0, 0.05) is 32.1 Å². The first-order valence-electron chi connectivity index (χ1n) is 9.90. The molecule has 29 heavy (non-hydrogen) atoms. The maximum atomic E-state index is 11.0. The highest BCUT2D eigenvalue weighted by Gasteiger charge is 2.25. The Morgan fingerprint density at radius 1 is 1.38 bits per heavy atom. The number of carbonyl (C=O) groups is 1. The summed E-state index contributed by atoms with van der Waals surface area (Å²) < 4.78 is 17.0. The summed E-state index contributed by atoms with van der Waals surface area (Å²) in [6, 6.07) is 3.82. The molecule has 1 saturated heterocycles. The van der Waals surface area contributed by atoms with Gasteiger partial charge in [-0.1, -0.05) is 11.3 Å². The quantitative estimate of drug-likeness (QED) is 0.692. The number of hydrogen-bond acceptors (Lipinski definition) is 8. The molecular formula is C20H26N4O4S. The lowest BCUT2D eigenvalue weighted by Crippen LogP contribution is -2.37. The van der Waals surface area contributed by atoms with Crippen LogP contribution in [0.3, 0.4) is 0 Å². The van der Waals surface area contributed by atoms with Crippen LogP contribution in [0.15, 0.2) is 24.0 Å². The molecule has 1 amide bonds. The summed E-state index contributed by atoms with van der Waals surface area (Å²) in [4.78, 5) is 23.4. The van der Waals surface area contributed by atoms with E-state index in [1.165, 1.54) is 12.5 Å². The Morgan fingerprint density at radius 2 is 2.17 bits per heavy atom. The standard InChI is InChI=1S/C20H26N4O4S/c1-13(21-14(2)25)11-27-16-9-15(10-16)12-28-18-4-3-17-19(23-18)29-20(22-17)24-5-7-26-8-6-24/h3-4,12-13,16H,5-11H2,1-2H3,(H,21,25)/t13-,16?/m0/s1. The van der Waals surface area contributed by atoms with Gasteiger partial charge < -0.3 is 24.4 Å². The fourth-order valence-electron chi connectivity index (χ4n) is 3.30. The zero-order chi connectivity index (χ0) is 20.2. The molecule has 4 rings (SSSR count). The average Bonchev–Trinajstić information content (AvgIpc) is 3.10. The van der Waals surface area contributed by atoms with E-state index in [2.05, 4.69) is 20.2 Å². The van der Waals surface area contributed by atoms with Gasteiger partial charge in [0.1, 0.15) is 10.3 Å². The molecule has 2 aromatic heterocycles. The van der Waals surface area contributed by atoms with Crippen molar-refractivity contribution in [2.75, 3.05) is 37.8 Å². The lowest BCUT2D eigenvalue weighted by Gasteiger charge is -2.30. The largest absolute Gasteiger partial charge is 0.447 e. The molecule has 3 heterocycles. The zero-order valence-corrected chi connectivity index (χ0v) is 17.5. The highest BCUT2D eigenvalue weighted by atomic mass is 32.1. The molecule has 2 fully saturated rings. The third-order valence-corrected chi connectivity index (χ3v) is 5.88. The van der Waals surface area contributed by atoms with Crippen LogP contribution in [0.5, 0.6) is 5.88 Å². The second kappa shape index (κ2) is 9.06. The van der Waals surface area contributed by atoms with Gasteiger partial charge in [0.25, 0.3) is 0 Å². The predicted octanol–water partition coefficient (Wildman–Crippen LogP) is 2.49. The van der Waals surface area contributed by atoms with Crippen LogP contribution in [0.4, 0.5) is 5.13 Å². The molecule has 0 unspecified atom stereocenters. The number of ether oxygens (including phenoxy) is 3. The molecule has 0 spiro atoms. The van der Waals surface area contributed by atoms with Gasteiger partial charge in [-0.05, 0) is 31.4 Å². The minimum Gasteiger partial charge on any atom is -0.447 e. The van der Waals surface area contributed by atoms with Crippen LogP contribution >= 0.6 is 11.3 Å². The zero-order valence-electron chi connectivity index (χ0n) is 16.7. The second-order valence-electron chi connectivity index (χ2n) is 7.43. The molecular weight excluding hydrogens is 392 g/mol. The molecule has 0 radical (unpaired) electrons. The third-order valence-electron chi connectivity index (χ3n) is 4.86. The molecule has 1 atom stereocenters. The molecule has 2 aromatic rings. The van der Waals surface area contributed by atoms with E-state index in [1.807, 2.05) is 19.1 Å². The van der Waals surface area contributed by atoms with Crippen LogP contribution in [-0.4, -0.2) is 60.9 Å². The summed E-state index contributed by atoms with van der Waals surface area (Å²) in [7, 11) is 0. The summed E-state index contributed by atoms with van der Waals surface area (Å²) in [6.45, 7) is 7.17. The molecule has 1 aliphatic carbocycles. The number of nitrogens with zero attached hydrogens (tertiary/aromatic N) is 3. The van der Waals surface area contributed by atoms with Crippen molar-refractivity contribution in [3.8, 4) is 5.88 Å². The lowest BCUT2D eigenvalue weighted by molar-refractivity contribution is -0.120. The van der Waals surface area contributed by atoms with Crippen LogP contribution in [0, 0.1) is 0 Å². The van der Waals surface area contributed by atoms with E-state index in [0.717, 1.165) is 54.6 Å². The number of hydrogen-bond donors (Lipinski definition) is 1. The van der Waals surface area contributed by atoms with Gasteiger partial charge in [-0.25, -0.2) is 9.97 Å². The number of nitrogens with one attached hydrogen (secondary N) is 1. The number of carbonyl (C=O) groups excluding carboxylic acids is 1. The number of rotatable bonds is 7. The van der Waals surface area contributed by atoms with E-state index in [-0.39, 0.29) is 18.1 Å². The van der Waals surface area contributed by atoms with Crippen LogP contribution in [0.25, 0.3) is 10.3 Å². The third kappa shape index (κ3) is 5.23. The van der Waals surface area contributed by atoms with Crippen LogP contribution in [0.2, 0.25) is 0 Å². The Hall–Kier alpha value is -2.23. The molecule has 156 valence electrons. The van der Waals surface area contributed by atoms with Crippen molar-refractivity contribution in [3.63, 3.8) is 0 Å². The molecule has 9 heteroatoms. The Bertz CT molecular complexity index is 886. The first-order valence-corrected chi connectivity index (χ1v) is 10.7. The van der Waals surface area contributed by atoms with E-state index in [0.29, 0.717) is 12.5 Å². The molecule has 0 bridgehead atoms. The lowest BCUT2D eigenvalue weighted by atomic mass is 9.90. The second-order valence-corrected chi connectivity index (χ2v) is 8.38. The molecule has 1 aliphatic heterocycles. The van der Waals surface area contributed by atoms with Crippen molar-refractivity contribution in [3.05, 3.63) is 24.0 Å². The first-order chi connectivity index (χ1) is 14.1. The van der Waals surface area contributed by atoms with Gasteiger partial charge in [-0.2, -0.15) is 0 Å². The maximum absolute atomic E-state index is 11.0. The number of aromatic nitrogens is 2. The van der Waals surface area contributed by atoms with E-state index in [9.17, 15) is 4.79 Å². The highest BCUT2D eigenvalue weighted by molar-refractivity contribution is 7.21.